The van der Waals surface area contributed by atoms with E-state index in [0.29, 0.717) is 22.8 Å². The third-order valence-electron chi connectivity index (χ3n) is 10.7. The highest BCUT2D eigenvalue weighted by Gasteiger charge is 2.58. The molecule has 0 spiro atoms. The molecule has 0 aliphatic heterocycles. The number of nitrogens with zero attached hydrogens (tertiary/aromatic N) is 2. The van der Waals surface area contributed by atoms with Gasteiger partial charge in [-0.3, -0.25) is 0 Å². The SMILES string of the molecule is CC.C[C@]12CCC3C(CC=C4CC(C5CC5)CC[C@@]43C)C1C=CC2n1cnc2ccccc21. The van der Waals surface area contributed by atoms with Gasteiger partial charge in [0.2, 0.25) is 0 Å². The average Bonchev–Trinajstić information content (AvgIpc) is 3.51. The number of hydrogen-bond acceptors (Lipinski definition) is 1. The molecular weight excluding hydrogens is 400 g/mol. The molecule has 5 unspecified atom stereocenters. The molecule has 0 N–H and O–H groups in total. The lowest BCUT2D eigenvalue weighted by molar-refractivity contribution is -0.0319. The van der Waals surface area contributed by atoms with Gasteiger partial charge in [-0.15, -0.1) is 0 Å². The van der Waals surface area contributed by atoms with Crippen molar-refractivity contribution in [2.24, 2.45) is 40.4 Å². The Labute approximate surface area is 200 Å². The Morgan fingerprint density at radius 1 is 0.939 bits per heavy atom. The lowest BCUT2D eigenvalue weighted by Crippen LogP contribution is -2.50. The van der Waals surface area contributed by atoms with E-state index in [1.165, 1.54) is 56.9 Å². The molecule has 2 nitrogen and oxygen atoms in total. The van der Waals surface area contributed by atoms with Gasteiger partial charge in [-0.1, -0.05) is 63.6 Å². The summed E-state index contributed by atoms with van der Waals surface area (Å²) in [4.78, 5) is 4.72. The fraction of sp³-hybridized carbons (Fsp3) is 0.645. The zero-order valence-corrected chi connectivity index (χ0v) is 21.1. The van der Waals surface area contributed by atoms with Gasteiger partial charge in [0.05, 0.1) is 23.4 Å². The zero-order valence-electron chi connectivity index (χ0n) is 21.1. The van der Waals surface area contributed by atoms with Crippen molar-refractivity contribution in [2.75, 3.05) is 0 Å². The van der Waals surface area contributed by atoms with Crippen LogP contribution in [0.1, 0.15) is 85.1 Å². The number of imidazole rings is 1. The molecule has 1 heterocycles. The maximum absolute atomic E-state index is 4.72. The summed E-state index contributed by atoms with van der Waals surface area (Å²) < 4.78 is 2.47. The number of para-hydroxylation sites is 2. The summed E-state index contributed by atoms with van der Waals surface area (Å²) in [6.45, 7) is 9.24. The molecule has 0 amide bonds. The minimum atomic E-state index is 0.317. The van der Waals surface area contributed by atoms with Crippen molar-refractivity contribution in [3.05, 3.63) is 54.4 Å². The van der Waals surface area contributed by atoms with Gasteiger partial charge in [0.25, 0.3) is 0 Å². The van der Waals surface area contributed by atoms with Crippen LogP contribution in [0.3, 0.4) is 0 Å². The predicted octanol–water partition coefficient (Wildman–Crippen LogP) is 8.37. The molecule has 1 aromatic carbocycles. The molecule has 3 saturated carbocycles. The molecule has 1 aromatic heterocycles. The molecule has 7 rings (SSSR count). The molecule has 0 saturated heterocycles. The number of hydrogen-bond donors (Lipinski definition) is 0. The van der Waals surface area contributed by atoms with Crippen molar-refractivity contribution in [1.82, 2.24) is 9.55 Å². The van der Waals surface area contributed by atoms with E-state index < -0.39 is 0 Å². The minimum Gasteiger partial charge on any atom is -0.323 e. The van der Waals surface area contributed by atoms with Crippen molar-refractivity contribution in [3.8, 4) is 0 Å². The van der Waals surface area contributed by atoms with Crippen molar-refractivity contribution < 1.29 is 0 Å². The third kappa shape index (κ3) is 3.15. The van der Waals surface area contributed by atoms with E-state index in [4.69, 9.17) is 4.98 Å². The zero-order chi connectivity index (χ0) is 22.8. The van der Waals surface area contributed by atoms with Crippen molar-refractivity contribution in [1.29, 1.82) is 0 Å². The normalized spacial score (nSPS) is 41.5. The number of benzene rings is 1. The number of aromatic nitrogens is 2. The van der Waals surface area contributed by atoms with Crippen molar-refractivity contribution in [3.63, 3.8) is 0 Å². The number of allylic oxidation sites excluding steroid dienone is 4. The van der Waals surface area contributed by atoms with Gasteiger partial charge >= 0.3 is 0 Å². The highest BCUT2D eigenvalue weighted by atomic mass is 15.1. The molecule has 5 aliphatic carbocycles. The van der Waals surface area contributed by atoms with Crippen LogP contribution in [-0.2, 0) is 0 Å². The maximum atomic E-state index is 4.72. The van der Waals surface area contributed by atoms with E-state index in [1.807, 2.05) is 19.4 Å². The van der Waals surface area contributed by atoms with Crippen LogP contribution in [0.25, 0.3) is 11.0 Å². The Morgan fingerprint density at radius 2 is 1.76 bits per heavy atom. The standard InChI is InChI=1S/C29H36N2.C2H6/c1-28-15-13-20(19-7-8-19)17-21(28)9-10-22-23-11-12-27(29(23,2)16-14-24(22)28)31-18-30-25-5-3-4-6-26(25)31;1-2/h3-6,9,11-12,18-20,22-24,27H,7-8,10,13-17H2,1-2H3;1-2H3/t20?,22?,23?,24?,27?,28-,29-;/m0./s1. The van der Waals surface area contributed by atoms with Crippen LogP contribution in [0.4, 0.5) is 0 Å². The number of fused-ring (bicyclic) bond motifs is 6. The summed E-state index contributed by atoms with van der Waals surface area (Å²) in [5.41, 5.74) is 5.07. The first-order valence-electron chi connectivity index (χ1n) is 13.9. The van der Waals surface area contributed by atoms with Gasteiger partial charge < -0.3 is 4.57 Å². The van der Waals surface area contributed by atoms with E-state index in [1.54, 1.807) is 0 Å². The smallest absolute Gasteiger partial charge is 0.0964 e. The highest BCUT2D eigenvalue weighted by molar-refractivity contribution is 5.75. The first-order chi connectivity index (χ1) is 16.1. The van der Waals surface area contributed by atoms with Gasteiger partial charge in [0.1, 0.15) is 0 Å². The third-order valence-corrected chi connectivity index (χ3v) is 10.7. The van der Waals surface area contributed by atoms with Gasteiger partial charge in [-0.2, -0.15) is 0 Å². The minimum absolute atomic E-state index is 0.317. The maximum Gasteiger partial charge on any atom is 0.0964 e. The van der Waals surface area contributed by atoms with Crippen LogP contribution >= 0.6 is 0 Å². The van der Waals surface area contributed by atoms with E-state index in [9.17, 15) is 0 Å². The summed E-state index contributed by atoms with van der Waals surface area (Å²) in [6, 6.07) is 9.09. The van der Waals surface area contributed by atoms with Crippen LogP contribution in [0, 0.1) is 40.4 Å². The van der Waals surface area contributed by atoms with Gasteiger partial charge in [-0.05, 0) is 104 Å². The Kier molecular flexibility index (Phi) is 5.16. The molecule has 176 valence electrons. The van der Waals surface area contributed by atoms with Crippen LogP contribution in [-0.4, -0.2) is 9.55 Å². The Balaban J connectivity index is 0.00000101. The first-order valence-corrected chi connectivity index (χ1v) is 13.9. The quantitative estimate of drug-likeness (QED) is 0.427. The van der Waals surface area contributed by atoms with Crippen LogP contribution in [0.5, 0.6) is 0 Å². The largest absolute Gasteiger partial charge is 0.323 e. The Morgan fingerprint density at radius 3 is 2.58 bits per heavy atom. The van der Waals surface area contributed by atoms with E-state index in [-0.39, 0.29) is 0 Å². The molecule has 5 aliphatic rings. The molecular formula is C31H42N2. The van der Waals surface area contributed by atoms with Gasteiger partial charge in [0.15, 0.2) is 0 Å². The Bertz CT molecular complexity index is 1090. The second-order valence-electron chi connectivity index (χ2n) is 12.0. The predicted molar refractivity (Wildman–Crippen MR) is 138 cm³/mol. The molecule has 7 atom stereocenters. The summed E-state index contributed by atoms with van der Waals surface area (Å²) in [7, 11) is 0. The van der Waals surface area contributed by atoms with Crippen LogP contribution in [0.2, 0.25) is 0 Å². The summed E-state index contributed by atoms with van der Waals surface area (Å²) >= 11 is 0. The van der Waals surface area contributed by atoms with E-state index in [0.717, 1.165) is 29.2 Å². The molecule has 0 radical (unpaired) electrons. The molecule has 3 fully saturated rings. The summed E-state index contributed by atoms with van der Waals surface area (Å²) in [6.07, 6.45) is 21.4. The van der Waals surface area contributed by atoms with E-state index in [2.05, 4.69) is 67.2 Å². The Hall–Kier alpha value is -1.83. The van der Waals surface area contributed by atoms with Crippen molar-refractivity contribution in [2.45, 2.75) is 85.1 Å². The topological polar surface area (TPSA) is 17.8 Å². The molecule has 33 heavy (non-hydrogen) atoms. The highest BCUT2D eigenvalue weighted by Crippen LogP contribution is 2.66. The van der Waals surface area contributed by atoms with Crippen LogP contribution < -0.4 is 0 Å². The average molecular weight is 443 g/mol. The fourth-order valence-electron chi connectivity index (χ4n) is 8.70. The first kappa shape index (κ1) is 21.7. The molecule has 2 heteroatoms. The molecule has 2 aromatic rings. The lowest BCUT2D eigenvalue weighted by atomic mass is 9.47. The van der Waals surface area contributed by atoms with Crippen LogP contribution in [0.15, 0.2) is 54.4 Å². The van der Waals surface area contributed by atoms with Gasteiger partial charge in [0, 0.05) is 0 Å². The van der Waals surface area contributed by atoms with Crippen molar-refractivity contribution >= 4 is 11.0 Å². The monoisotopic (exact) mass is 442 g/mol. The summed E-state index contributed by atoms with van der Waals surface area (Å²) in [5, 5.41) is 0. The van der Waals surface area contributed by atoms with Gasteiger partial charge in [-0.25, -0.2) is 4.98 Å². The lowest BCUT2D eigenvalue weighted by Gasteiger charge is -2.58. The fourth-order valence-corrected chi connectivity index (χ4v) is 8.70. The summed E-state index contributed by atoms with van der Waals surface area (Å²) in [5.74, 6) is 4.49. The second kappa shape index (κ2) is 7.85. The molecule has 0 bridgehead atoms. The van der Waals surface area contributed by atoms with E-state index >= 15 is 0 Å². The number of rotatable bonds is 2. The second-order valence-corrected chi connectivity index (χ2v) is 12.0.